The molecule has 0 saturated carbocycles. The zero-order valence-electron chi connectivity index (χ0n) is 10.9. The molecular formula is C16H10ClN3O. The summed E-state index contributed by atoms with van der Waals surface area (Å²) in [6.45, 7) is 0. The number of pyridine rings is 1. The highest BCUT2D eigenvalue weighted by atomic mass is 35.5. The fourth-order valence-electron chi connectivity index (χ4n) is 2.52. The summed E-state index contributed by atoms with van der Waals surface area (Å²) >= 11 is 6.25. The Kier molecular flexibility index (Phi) is 2.59. The standard InChI is InChI=1S/C16H10ClN3O/c17-12-5-7-14(11-4-2-1-3-10(11)12)20-9-18-13-6-8-15(21)19-16(13)20/h1-9H,(H,19,21). The fourth-order valence-corrected chi connectivity index (χ4v) is 2.74. The molecular weight excluding hydrogens is 286 g/mol. The Labute approximate surface area is 125 Å². The van der Waals surface area contributed by atoms with E-state index in [0.717, 1.165) is 22.0 Å². The van der Waals surface area contributed by atoms with Gasteiger partial charge in [0.2, 0.25) is 5.88 Å². The molecule has 0 saturated heterocycles. The first-order valence-corrected chi connectivity index (χ1v) is 6.82. The third-order valence-corrected chi connectivity index (χ3v) is 3.82. The molecule has 5 heteroatoms. The van der Waals surface area contributed by atoms with Crippen LogP contribution in [0.2, 0.25) is 5.02 Å². The maximum absolute atomic E-state index is 9.60. The Balaban J connectivity index is 2.09. The Morgan fingerprint density at radius 1 is 0.952 bits per heavy atom. The fraction of sp³-hybridized carbons (Fsp3) is 0. The van der Waals surface area contributed by atoms with Gasteiger partial charge in [-0.05, 0) is 18.2 Å². The van der Waals surface area contributed by atoms with Crippen molar-refractivity contribution in [3.8, 4) is 11.6 Å². The van der Waals surface area contributed by atoms with Gasteiger partial charge in [0.05, 0.1) is 5.69 Å². The van der Waals surface area contributed by atoms with E-state index in [1.165, 1.54) is 6.07 Å². The van der Waals surface area contributed by atoms with Crippen LogP contribution in [-0.2, 0) is 0 Å². The minimum atomic E-state index is -0.0254. The summed E-state index contributed by atoms with van der Waals surface area (Å²) in [6.07, 6.45) is 1.70. The van der Waals surface area contributed by atoms with Crippen LogP contribution in [-0.4, -0.2) is 19.6 Å². The second-order valence-corrected chi connectivity index (χ2v) is 5.15. The second kappa shape index (κ2) is 4.46. The number of imidazole rings is 1. The van der Waals surface area contributed by atoms with Crippen molar-refractivity contribution in [3.05, 3.63) is 59.9 Å². The first-order chi connectivity index (χ1) is 10.2. The third kappa shape index (κ3) is 1.84. The lowest BCUT2D eigenvalue weighted by Crippen LogP contribution is -1.95. The van der Waals surface area contributed by atoms with Gasteiger partial charge in [-0.15, -0.1) is 0 Å². The lowest BCUT2D eigenvalue weighted by atomic mass is 10.1. The van der Waals surface area contributed by atoms with Gasteiger partial charge in [0, 0.05) is 21.9 Å². The van der Waals surface area contributed by atoms with Crippen molar-refractivity contribution in [1.82, 2.24) is 14.5 Å². The van der Waals surface area contributed by atoms with Gasteiger partial charge in [0.25, 0.3) is 0 Å². The second-order valence-electron chi connectivity index (χ2n) is 4.74. The molecule has 102 valence electrons. The van der Waals surface area contributed by atoms with Gasteiger partial charge < -0.3 is 5.11 Å². The van der Waals surface area contributed by atoms with E-state index in [0.29, 0.717) is 10.7 Å². The van der Waals surface area contributed by atoms with Crippen molar-refractivity contribution < 1.29 is 5.11 Å². The quantitative estimate of drug-likeness (QED) is 0.579. The van der Waals surface area contributed by atoms with E-state index in [9.17, 15) is 5.11 Å². The Bertz CT molecular complexity index is 978. The molecule has 2 aromatic carbocycles. The summed E-state index contributed by atoms with van der Waals surface area (Å²) in [5.41, 5.74) is 2.27. The predicted molar refractivity (Wildman–Crippen MR) is 83.0 cm³/mol. The van der Waals surface area contributed by atoms with Gasteiger partial charge in [-0.3, -0.25) is 4.57 Å². The molecule has 2 aromatic heterocycles. The van der Waals surface area contributed by atoms with Crippen LogP contribution in [0.3, 0.4) is 0 Å². The number of fused-ring (bicyclic) bond motifs is 2. The van der Waals surface area contributed by atoms with Gasteiger partial charge in [0.15, 0.2) is 5.65 Å². The molecule has 0 aliphatic carbocycles. The predicted octanol–water partition coefficient (Wildman–Crippen LogP) is 3.93. The monoisotopic (exact) mass is 295 g/mol. The Morgan fingerprint density at radius 3 is 2.62 bits per heavy atom. The summed E-state index contributed by atoms with van der Waals surface area (Å²) in [5, 5.41) is 12.3. The van der Waals surface area contributed by atoms with E-state index < -0.39 is 0 Å². The number of hydrogen-bond donors (Lipinski definition) is 1. The summed E-state index contributed by atoms with van der Waals surface area (Å²) < 4.78 is 1.85. The third-order valence-electron chi connectivity index (χ3n) is 3.49. The van der Waals surface area contributed by atoms with Crippen molar-refractivity contribution in [2.45, 2.75) is 0 Å². The minimum Gasteiger partial charge on any atom is -0.493 e. The van der Waals surface area contributed by atoms with E-state index in [1.54, 1.807) is 12.4 Å². The Morgan fingerprint density at radius 2 is 1.76 bits per heavy atom. The summed E-state index contributed by atoms with van der Waals surface area (Å²) in [4.78, 5) is 8.49. The lowest BCUT2D eigenvalue weighted by molar-refractivity contribution is 0.455. The number of benzene rings is 2. The molecule has 0 amide bonds. The Hall–Kier alpha value is -2.59. The van der Waals surface area contributed by atoms with Crippen LogP contribution in [0, 0.1) is 0 Å². The first kappa shape index (κ1) is 12.2. The molecule has 0 fully saturated rings. The van der Waals surface area contributed by atoms with Crippen molar-refractivity contribution in [2.75, 3.05) is 0 Å². The van der Waals surface area contributed by atoms with Crippen LogP contribution in [0.15, 0.2) is 54.9 Å². The largest absolute Gasteiger partial charge is 0.493 e. The molecule has 0 unspecified atom stereocenters. The zero-order valence-corrected chi connectivity index (χ0v) is 11.6. The van der Waals surface area contributed by atoms with Gasteiger partial charge >= 0.3 is 0 Å². The van der Waals surface area contributed by atoms with E-state index >= 15 is 0 Å². The number of hydrogen-bond acceptors (Lipinski definition) is 3. The smallest absolute Gasteiger partial charge is 0.212 e. The highest BCUT2D eigenvalue weighted by molar-refractivity contribution is 6.35. The SMILES string of the molecule is Oc1ccc2ncn(-c3ccc(Cl)c4ccccc34)c2n1. The van der Waals surface area contributed by atoms with E-state index in [2.05, 4.69) is 9.97 Å². The molecule has 1 N–H and O–H groups in total. The molecule has 0 atom stereocenters. The van der Waals surface area contributed by atoms with Gasteiger partial charge in [-0.25, -0.2) is 4.98 Å². The summed E-state index contributed by atoms with van der Waals surface area (Å²) in [5.74, 6) is -0.0254. The van der Waals surface area contributed by atoms with Crippen LogP contribution >= 0.6 is 11.6 Å². The molecule has 0 spiro atoms. The van der Waals surface area contributed by atoms with Crippen molar-refractivity contribution in [2.24, 2.45) is 0 Å². The molecule has 0 radical (unpaired) electrons. The van der Waals surface area contributed by atoms with Gasteiger partial charge in [-0.2, -0.15) is 4.98 Å². The molecule has 21 heavy (non-hydrogen) atoms. The molecule has 4 nitrogen and oxygen atoms in total. The zero-order chi connectivity index (χ0) is 14.4. The lowest BCUT2D eigenvalue weighted by Gasteiger charge is -2.09. The molecule has 0 aliphatic rings. The number of nitrogens with zero attached hydrogens (tertiary/aromatic N) is 3. The van der Waals surface area contributed by atoms with Crippen LogP contribution < -0.4 is 0 Å². The van der Waals surface area contributed by atoms with Crippen LogP contribution in [0.4, 0.5) is 0 Å². The van der Waals surface area contributed by atoms with Crippen molar-refractivity contribution in [3.63, 3.8) is 0 Å². The topological polar surface area (TPSA) is 50.9 Å². The van der Waals surface area contributed by atoms with E-state index in [-0.39, 0.29) is 5.88 Å². The maximum Gasteiger partial charge on any atom is 0.212 e. The number of halogens is 1. The highest BCUT2D eigenvalue weighted by Gasteiger charge is 2.11. The first-order valence-electron chi connectivity index (χ1n) is 6.45. The highest BCUT2D eigenvalue weighted by Crippen LogP contribution is 2.30. The van der Waals surface area contributed by atoms with Crippen molar-refractivity contribution >= 4 is 33.5 Å². The molecule has 2 heterocycles. The number of aromatic nitrogens is 3. The maximum atomic E-state index is 9.60. The molecule has 4 aromatic rings. The summed E-state index contributed by atoms with van der Waals surface area (Å²) in [7, 11) is 0. The van der Waals surface area contributed by atoms with E-state index in [1.807, 2.05) is 41.0 Å². The van der Waals surface area contributed by atoms with Crippen LogP contribution in [0.5, 0.6) is 5.88 Å². The van der Waals surface area contributed by atoms with Crippen LogP contribution in [0.25, 0.3) is 27.6 Å². The van der Waals surface area contributed by atoms with Crippen LogP contribution in [0.1, 0.15) is 0 Å². The van der Waals surface area contributed by atoms with Crippen molar-refractivity contribution in [1.29, 1.82) is 0 Å². The van der Waals surface area contributed by atoms with Gasteiger partial charge in [0.1, 0.15) is 11.8 Å². The average Bonchev–Trinajstić information content (AvgIpc) is 2.91. The molecule has 0 bridgehead atoms. The average molecular weight is 296 g/mol. The van der Waals surface area contributed by atoms with Gasteiger partial charge in [-0.1, -0.05) is 35.9 Å². The summed E-state index contributed by atoms with van der Waals surface area (Å²) in [6, 6.07) is 15.0. The minimum absolute atomic E-state index is 0.0254. The number of rotatable bonds is 1. The molecule has 0 aliphatic heterocycles. The molecule has 4 rings (SSSR count). The number of aromatic hydroxyl groups is 1. The normalized spacial score (nSPS) is 11.3. The van der Waals surface area contributed by atoms with E-state index in [4.69, 9.17) is 11.6 Å².